The van der Waals surface area contributed by atoms with Gasteiger partial charge >= 0.3 is 0 Å². The van der Waals surface area contributed by atoms with Crippen LogP contribution in [-0.2, 0) is 10.8 Å². The Balaban J connectivity index is 1.73. The van der Waals surface area contributed by atoms with Crippen LogP contribution < -0.4 is 4.90 Å². The number of fused-ring (bicyclic) bond motifs is 1. The molecule has 0 aromatic heterocycles. The molecule has 0 radical (unpaired) electrons. The third-order valence-electron chi connectivity index (χ3n) is 6.73. The number of aryl methyl sites for hydroxylation is 1. The fourth-order valence-electron chi connectivity index (χ4n) is 4.50. The first-order valence-electron chi connectivity index (χ1n) is 11.3. The number of anilines is 1. The van der Waals surface area contributed by atoms with Crippen molar-refractivity contribution in [2.24, 2.45) is 0 Å². The second-order valence-corrected chi connectivity index (χ2v) is 12.5. The van der Waals surface area contributed by atoms with Crippen molar-refractivity contribution in [2.45, 2.75) is 45.4 Å². The molecule has 0 aliphatic carbocycles. The average molecular weight is 646 g/mol. The molecule has 0 N–H and O–H groups in total. The molecule has 0 fully saturated rings. The SMILES string of the molecule is C=C(/C=C/C=C(Br)/C=C/C=C1/N(C)c2ccc(Br)cc2C1(C)C)C(C)(C)c1cc(Br)ccc1C. The number of halogens is 3. The third kappa shape index (κ3) is 5.61. The van der Waals surface area contributed by atoms with Gasteiger partial charge in [-0.2, -0.15) is 0 Å². The van der Waals surface area contributed by atoms with Crippen molar-refractivity contribution in [3.05, 3.63) is 121 Å². The summed E-state index contributed by atoms with van der Waals surface area (Å²) in [4.78, 5) is 2.28. The summed E-state index contributed by atoms with van der Waals surface area (Å²) >= 11 is 10.9. The van der Waals surface area contributed by atoms with Gasteiger partial charge in [0.25, 0.3) is 0 Å². The summed E-state index contributed by atoms with van der Waals surface area (Å²) in [6.07, 6.45) is 12.6. The van der Waals surface area contributed by atoms with Crippen LogP contribution in [0.4, 0.5) is 5.69 Å². The highest BCUT2D eigenvalue weighted by Gasteiger charge is 2.38. The van der Waals surface area contributed by atoms with Gasteiger partial charge < -0.3 is 4.90 Å². The van der Waals surface area contributed by atoms with E-state index in [1.165, 1.54) is 28.1 Å². The summed E-state index contributed by atoms with van der Waals surface area (Å²) in [5.74, 6) is 0. The highest BCUT2D eigenvalue weighted by molar-refractivity contribution is 9.12. The second kappa shape index (κ2) is 10.6. The van der Waals surface area contributed by atoms with Crippen LogP contribution in [0.3, 0.4) is 0 Å². The van der Waals surface area contributed by atoms with Gasteiger partial charge in [-0.3, -0.25) is 0 Å². The molecule has 1 heterocycles. The van der Waals surface area contributed by atoms with Crippen LogP contribution >= 0.6 is 47.8 Å². The lowest BCUT2D eigenvalue weighted by molar-refractivity contribution is 0.636. The lowest BCUT2D eigenvalue weighted by Gasteiger charge is -2.28. The van der Waals surface area contributed by atoms with Crippen LogP contribution in [0.5, 0.6) is 0 Å². The molecule has 1 nitrogen and oxygen atoms in total. The lowest BCUT2D eigenvalue weighted by Crippen LogP contribution is -2.22. The van der Waals surface area contributed by atoms with E-state index in [4.69, 9.17) is 0 Å². The number of allylic oxidation sites excluding steroid dienone is 9. The standard InChI is InChI=1S/C30H32Br3N/c1-20-14-15-23(32)18-25(20)29(3,4)21(2)10-8-11-22(31)12-9-13-28-30(5,6)26-19-24(33)16-17-27(26)34(28)7/h8-19H,2H2,1,3-7H3/b10-8+,12-9+,22-11-,28-13+. The summed E-state index contributed by atoms with van der Waals surface area (Å²) in [7, 11) is 2.13. The summed E-state index contributed by atoms with van der Waals surface area (Å²) in [5.41, 5.74) is 7.26. The largest absolute Gasteiger partial charge is 0.347 e. The van der Waals surface area contributed by atoms with Crippen molar-refractivity contribution in [1.82, 2.24) is 0 Å². The molecular weight excluding hydrogens is 614 g/mol. The molecule has 4 heteroatoms. The van der Waals surface area contributed by atoms with Gasteiger partial charge in [0.05, 0.1) is 0 Å². The Bertz CT molecular complexity index is 1230. The van der Waals surface area contributed by atoms with E-state index in [2.05, 4.69) is 174 Å². The quantitative estimate of drug-likeness (QED) is 0.283. The summed E-state index contributed by atoms with van der Waals surface area (Å²) in [6, 6.07) is 12.9. The molecule has 0 spiro atoms. The van der Waals surface area contributed by atoms with Crippen LogP contribution in [0.15, 0.2) is 104 Å². The molecule has 0 saturated heterocycles. The smallest absolute Gasteiger partial charge is 0.0448 e. The first-order valence-corrected chi connectivity index (χ1v) is 13.7. The molecule has 0 bridgehead atoms. The Morgan fingerprint density at radius 1 is 1.00 bits per heavy atom. The van der Waals surface area contributed by atoms with Crippen molar-refractivity contribution in [3.8, 4) is 0 Å². The Morgan fingerprint density at radius 3 is 2.35 bits per heavy atom. The first kappa shape index (κ1) is 27.0. The van der Waals surface area contributed by atoms with Crippen molar-refractivity contribution >= 4 is 53.5 Å². The minimum Gasteiger partial charge on any atom is -0.347 e. The minimum absolute atomic E-state index is 0.0534. The fourth-order valence-corrected chi connectivity index (χ4v) is 5.53. The van der Waals surface area contributed by atoms with Crippen LogP contribution in [0.2, 0.25) is 0 Å². The highest BCUT2D eigenvalue weighted by Crippen LogP contribution is 2.47. The van der Waals surface area contributed by atoms with E-state index in [0.29, 0.717) is 0 Å². The van der Waals surface area contributed by atoms with E-state index in [0.717, 1.165) is 19.0 Å². The maximum absolute atomic E-state index is 4.35. The van der Waals surface area contributed by atoms with Crippen LogP contribution in [0.1, 0.15) is 44.4 Å². The average Bonchev–Trinajstić information content (AvgIpc) is 2.95. The van der Waals surface area contributed by atoms with Crippen molar-refractivity contribution in [2.75, 3.05) is 11.9 Å². The van der Waals surface area contributed by atoms with Gasteiger partial charge in [-0.05, 0) is 77.7 Å². The number of hydrogen-bond acceptors (Lipinski definition) is 1. The maximum Gasteiger partial charge on any atom is 0.0448 e. The van der Waals surface area contributed by atoms with Gasteiger partial charge in [0, 0.05) is 42.7 Å². The molecule has 178 valence electrons. The normalized spacial score (nSPS) is 17.3. The second-order valence-electron chi connectivity index (χ2n) is 9.78. The molecule has 34 heavy (non-hydrogen) atoms. The number of likely N-dealkylation sites (N-methyl/N-ethyl adjacent to an activating group) is 1. The zero-order valence-corrected chi connectivity index (χ0v) is 25.5. The van der Waals surface area contributed by atoms with Gasteiger partial charge in [0.2, 0.25) is 0 Å². The van der Waals surface area contributed by atoms with E-state index >= 15 is 0 Å². The van der Waals surface area contributed by atoms with Crippen LogP contribution in [-0.4, -0.2) is 7.05 Å². The van der Waals surface area contributed by atoms with E-state index in [1.807, 2.05) is 0 Å². The Morgan fingerprint density at radius 2 is 1.65 bits per heavy atom. The molecule has 0 saturated carbocycles. The summed E-state index contributed by atoms with van der Waals surface area (Å²) in [6.45, 7) is 15.5. The Hall–Kier alpha value is -1.62. The molecule has 3 rings (SSSR count). The van der Waals surface area contributed by atoms with Gasteiger partial charge in [-0.15, -0.1) is 0 Å². The maximum atomic E-state index is 4.35. The van der Waals surface area contributed by atoms with Crippen LogP contribution in [0.25, 0.3) is 0 Å². The van der Waals surface area contributed by atoms with Crippen molar-refractivity contribution in [1.29, 1.82) is 0 Å². The molecule has 1 aliphatic rings. The molecule has 1 aliphatic heterocycles. The van der Waals surface area contributed by atoms with Gasteiger partial charge in [-0.1, -0.05) is 106 Å². The topological polar surface area (TPSA) is 3.24 Å². The fraction of sp³-hybridized carbons (Fsp3) is 0.267. The third-order valence-corrected chi connectivity index (χ3v) is 8.25. The zero-order chi connectivity index (χ0) is 25.3. The first-order chi connectivity index (χ1) is 15.9. The minimum atomic E-state index is -0.159. The molecule has 2 aromatic rings. The van der Waals surface area contributed by atoms with E-state index < -0.39 is 0 Å². The van der Waals surface area contributed by atoms with Crippen LogP contribution in [0, 0.1) is 6.92 Å². The predicted molar refractivity (Wildman–Crippen MR) is 160 cm³/mol. The van der Waals surface area contributed by atoms with Gasteiger partial charge in [-0.25, -0.2) is 0 Å². The number of nitrogens with zero attached hydrogens (tertiary/aromatic N) is 1. The zero-order valence-electron chi connectivity index (χ0n) is 20.7. The van der Waals surface area contributed by atoms with Gasteiger partial charge in [0.15, 0.2) is 0 Å². The predicted octanol–water partition coefficient (Wildman–Crippen LogP) is 10.1. The number of hydrogen-bond donors (Lipinski definition) is 0. The Kier molecular flexibility index (Phi) is 8.38. The monoisotopic (exact) mass is 643 g/mol. The molecular formula is C30H32Br3N. The molecule has 0 atom stereocenters. The van der Waals surface area contributed by atoms with E-state index in [1.54, 1.807) is 0 Å². The molecule has 2 aromatic carbocycles. The number of benzene rings is 2. The Labute approximate surface area is 230 Å². The lowest BCUT2D eigenvalue weighted by atomic mass is 9.76. The molecule has 0 amide bonds. The number of rotatable bonds is 6. The van der Waals surface area contributed by atoms with Crippen molar-refractivity contribution in [3.63, 3.8) is 0 Å². The highest BCUT2D eigenvalue weighted by atomic mass is 79.9. The van der Waals surface area contributed by atoms with E-state index in [9.17, 15) is 0 Å². The molecule has 0 unspecified atom stereocenters. The van der Waals surface area contributed by atoms with Crippen molar-refractivity contribution < 1.29 is 0 Å². The van der Waals surface area contributed by atoms with Gasteiger partial charge in [0.1, 0.15) is 0 Å². The summed E-state index contributed by atoms with van der Waals surface area (Å²) < 4.78 is 3.21. The summed E-state index contributed by atoms with van der Waals surface area (Å²) in [5, 5.41) is 0. The van der Waals surface area contributed by atoms with E-state index in [-0.39, 0.29) is 10.8 Å².